The predicted molar refractivity (Wildman–Crippen MR) is 26.2 cm³/mol. The first-order valence-corrected chi connectivity index (χ1v) is 4.18. The maximum absolute atomic E-state index is 2.22. The minimum atomic E-state index is 0. The monoisotopic (exact) mass is 204 g/mol. The Hall–Kier alpha value is 1.20. The Bertz CT molecular complexity index is 7.61. The molecule has 3 heteroatoms. The SMILES string of the molecule is Cl.Cl.[CH3][Ru][CH3]. The van der Waals surface area contributed by atoms with Crippen molar-refractivity contribution in [2.45, 2.75) is 11.0 Å². The molecule has 0 atom stereocenters. The van der Waals surface area contributed by atoms with Gasteiger partial charge in [0.1, 0.15) is 0 Å². The van der Waals surface area contributed by atoms with Crippen LogP contribution in [0.3, 0.4) is 0 Å². The summed E-state index contributed by atoms with van der Waals surface area (Å²) in [5, 5.41) is 0. The number of halogens is 2. The summed E-state index contributed by atoms with van der Waals surface area (Å²) >= 11 is 0.710. The molecule has 5 heavy (non-hydrogen) atoms. The maximum atomic E-state index is 2.22. The predicted octanol–water partition coefficient (Wildman–Crippen LogP) is 2.01. The summed E-state index contributed by atoms with van der Waals surface area (Å²) in [5.74, 6) is 0. The number of hydrogen-bond acceptors (Lipinski definition) is 0. The summed E-state index contributed by atoms with van der Waals surface area (Å²) in [6.07, 6.45) is 0. The molecule has 0 radical (unpaired) electrons. The normalized spacial score (nSPS) is 4.40. The molecule has 0 aromatic heterocycles. The quantitative estimate of drug-likeness (QED) is 0.529. The topological polar surface area (TPSA) is 0 Å². The second-order valence-corrected chi connectivity index (χ2v) is 2.09. The van der Waals surface area contributed by atoms with Crippen LogP contribution in [0.25, 0.3) is 0 Å². The summed E-state index contributed by atoms with van der Waals surface area (Å²) in [6.45, 7) is 0. The van der Waals surface area contributed by atoms with E-state index in [2.05, 4.69) is 11.0 Å². The Kier molecular flexibility index (Phi) is 62.0. The molecule has 0 saturated heterocycles. The van der Waals surface area contributed by atoms with Gasteiger partial charge in [0.15, 0.2) is 0 Å². The minimum absolute atomic E-state index is 0. The van der Waals surface area contributed by atoms with E-state index in [-0.39, 0.29) is 24.8 Å². The molecule has 0 nitrogen and oxygen atoms in total. The summed E-state index contributed by atoms with van der Waals surface area (Å²) in [6, 6.07) is 0. The standard InChI is InChI=1S/2CH3.2ClH.Ru/h2*1H3;2*1H;. The van der Waals surface area contributed by atoms with Crippen LogP contribution in [-0.2, 0) is 17.1 Å². The molecule has 0 aliphatic carbocycles. The van der Waals surface area contributed by atoms with Crippen LogP contribution < -0.4 is 0 Å². The average Bonchev–Trinajstić information content (AvgIpc) is 0.918. The Morgan fingerprint density at radius 3 is 1.00 bits per heavy atom. The fourth-order valence-electron chi connectivity index (χ4n) is 0. The van der Waals surface area contributed by atoms with E-state index < -0.39 is 0 Å². The van der Waals surface area contributed by atoms with Gasteiger partial charge in [-0.3, -0.25) is 0 Å². The van der Waals surface area contributed by atoms with E-state index in [1.54, 1.807) is 0 Å². The van der Waals surface area contributed by atoms with Crippen molar-refractivity contribution in [3.05, 3.63) is 0 Å². The fraction of sp³-hybridized carbons (Fsp3) is 1.00. The van der Waals surface area contributed by atoms with Crippen LogP contribution in [-0.4, -0.2) is 0 Å². The second kappa shape index (κ2) is 18.9. The van der Waals surface area contributed by atoms with Crippen LogP contribution in [0, 0.1) is 0 Å². The molecule has 0 bridgehead atoms. The van der Waals surface area contributed by atoms with E-state index in [4.69, 9.17) is 0 Å². The van der Waals surface area contributed by atoms with Gasteiger partial charge in [-0.15, -0.1) is 24.8 Å². The molecule has 0 aliphatic rings. The third-order valence-electron chi connectivity index (χ3n) is 0. The molecule has 0 N–H and O–H groups in total. The average molecular weight is 204 g/mol. The molecule has 0 aromatic rings. The van der Waals surface area contributed by atoms with E-state index in [1.165, 1.54) is 0 Å². The molecule has 0 aliphatic heterocycles. The first-order chi connectivity index (χ1) is 1.41. The van der Waals surface area contributed by atoms with Crippen LogP contribution in [0.1, 0.15) is 0 Å². The van der Waals surface area contributed by atoms with E-state index in [0.29, 0.717) is 17.1 Å². The van der Waals surface area contributed by atoms with Crippen molar-refractivity contribution in [2.75, 3.05) is 0 Å². The van der Waals surface area contributed by atoms with Crippen molar-refractivity contribution in [2.24, 2.45) is 0 Å². The fourth-order valence-corrected chi connectivity index (χ4v) is 0. The van der Waals surface area contributed by atoms with Gasteiger partial charge in [0.2, 0.25) is 0 Å². The van der Waals surface area contributed by atoms with E-state index >= 15 is 0 Å². The van der Waals surface area contributed by atoms with Crippen molar-refractivity contribution in [3.8, 4) is 0 Å². The Morgan fingerprint density at radius 1 is 1.00 bits per heavy atom. The van der Waals surface area contributed by atoms with E-state index in [1.807, 2.05) is 0 Å². The first-order valence-electron chi connectivity index (χ1n) is 0.707. The Labute approximate surface area is 53.1 Å². The second-order valence-electron chi connectivity index (χ2n) is 0.354. The van der Waals surface area contributed by atoms with Crippen molar-refractivity contribution in [1.82, 2.24) is 0 Å². The van der Waals surface area contributed by atoms with Gasteiger partial charge in [-0.25, -0.2) is 0 Å². The van der Waals surface area contributed by atoms with Crippen molar-refractivity contribution >= 4 is 24.8 Å². The number of rotatable bonds is 0. The van der Waals surface area contributed by atoms with Crippen molar-refractivity contribution in [1.29, 1.82) is 0 Å². The number of hydrogen-bond donors (Lipinski definition) is 0. The molecule has 0 rings (SSSR count). The van der Waals surface area contributed by atoms with Crippen molar-refractivity contribution < 1.29 is 17.1 Å². The zero-order valence-electron chi connectivity index (χ0n) is 3.17. The molecule has 38 valence electrons. The summed E-state index contributed by atoms with van der Waals surface area (Å²) in [7, 11) is 0. The van der Waals surface area contributed by atoms with E-state index in [0.717, 1.165) is 0 Å². The molecular formula is C2H8Cl2Ru. The molecule has 0 aromatic carbocycles. The van der Waals surface area contributed by atoms with Crippen LogP contribution in [0.4, 0.5) is 0 Å². The van der Waals surface area contributed by atoms with Crippen molar-refractivity contribution in [3.63, 3.8) is 0 Å². The third-order valence-corrected chi connectivity index (χ3v) is 0. The van der Waals surface area contributed by atoms with Crippen LogP contribution in [0.2, 0.25) is 11.0 Å². The zero-order valence-corrected chi connectivity index (χ0v) is 6.54. The first kappa shape index (κ1) is 16.4. The van der Waals surface area contributed by atoms with Gasteiger partial charge in [0.25, 0.3) is 0 Å². The summed E-state index contributed by atoms with van der Waals surface area (Å²) in [4.78, 5) is 0. The molecule has 0 heterocycles. The molecule has 0 amide bonds. The van der Waals surface area contributed by atoms with Gasteiger partial charge < -0.3 is 0 Å². The Balaban J connectivity index is -0.0000000200. The van der Waals surface area contributed by atoms with Gasteiger partial charge in [0.05, 0.1) is 0 Å². The summed E-state index contributed by atoms with van der Waals surface area (Å²) < 4.78 is 0. The van der Waals surface area contributed by atoms with Crippen LogP contribution in [0.5, 0.6) is 0 Å². The molecule has 0 unspecified atom stereocenters. The summed E-state index contributed by atoms with van der Waals surface area (Å²) in [5.41, 5.74) is 4.43. The molecule has 0 spiro atoms. The zero-order chi connectivity index (χ0) is 2.71. The van der Waals surface area contributed by atoms with Gasteiger partial charge in [0, 0.05) is 0 Å². The van der Waals surface area contributed by atoms with Gasteiger partial charge in [-0.2, -0.15) is 0 Å². The molecule has 0 saturated carbocycles. The van der Waals surface area contributed by atoms with Gasteiger partial charge in [-0.1, -0.05) is 0 Å². The van der Waals surface area contributed by atoms with E-state index in [9.17, 15) is 0 Å². The molecule has 0 fully saturated rings. The Morgan fingerprint density at radius 2 is 1.00 bits per heavy atom. The van der Waals surface area contributed by atoms with Crippen LogP contribution >= 0.6 is 24.8 Å². The van der Waals surface area contributed by atoms with Gasteiger partial charge >= 0.3 is 28.2 Å². The van der Waals surface area contributed by atoms with Gasteiger partial charge in [-0.05, 0) is 0 Å². The van der Waals surface area contributed by atoms with Crippen LogP contribution in [0.15, 0.2) is 0 Å². The third kappa shape index (κ3) is 36.9. The molecular weight excluding hydrogens is 196 g/mol.